The van der Waals surface area contributed by atoms with E-state index >= 15 is 0 Å². The van der Waals surface area contributed by atoms with Gasteiger partial charge in [0.2, 0.25) is 5.89 Å². The molecule has 2 aromatic rings. The molecule has 0 spiro atoms. The molecular weight excluding hydrogens is 320 g/mol. The molecule has 0 saturated heterocycles. The third kappa shape index (κ3) is 3.60. The van der Waals surface area contributed by atoms with E-state index in [-0.39, 0.29) is 18.0 Å². The molecule has 7 nitrogen and oxygen atoms in total. The maximum Gasteiger partial charge on any atom is 0.318 e. The predicted octanol–water partition coefficient (Wildman–Crippen LogP) is 2.85. The Kier molecular flexibility index (Phi) is 4.92. The van der Waals surface area contributed by atoms with E-state index in [1.54, 1.807) is 18.9 Å². The van der Waals surface area contributed by atoms with Crippen molar-refractivity contribution in [3.05, 3.63) is 41.0 Å². The molecule has 1 atom stereocenters. The average molecular weight is 344 g/mol. The first-order valence-electron chi connectivity index (χ1n) is 8.50. The topological polar surface area (TPSA) is 80.5 Å². The zero-order chi connectivity index (χ0) is 18.0. The van der Waals surface area contributed by atoms with Crippen molar-refractivity contribution in [3.63, 3.8) is 0 Å². The number of aryl methyl sites for hydroxylation is 1. The first-order valence-corrected chi connectivity index (χ1v) is 8.50. The largest absolute Gasteiger partial charge is 0.496 e. The standard InChI is InChI=1S/C18H24N4O3/c1-11(2)16(17-19-12(3)21-25-17)20-18(23)22-9-8-14-13(10-22)6-5-7-15(14)24-4/h5-7,11,16H,8-10H2,1-4H3,(H,20,23)/t16-/m0/s1. The molecule has 1 aliphatic heterocycles. The summed E-state index contributed by atoms with van der Waals surface area (Å²) in [6, 6.07) is 5.53. The van der Waals surface area contributed by atoms with Crippen LogP contribution in [0.3, 0.4) is 0 Å². The van der Waals surface area contributed by atoms with Crippen LogP contribution in [0.1, 0.15) is 42.7 Å². The fourth-order valence-electron chi connectivity index (χ4n) is 3.12. The fraction of sp³-hybridized carbons (Fsp3) is 0.500. The zero-order valence-corrected chi connectivity index (χ0v) is 15.1. The van der Waals surface area contributed by atoms with Gasteiger partial charge in [0.05, 0.1) is 7.11 Å². The highest BCUT2D eigenvalue weighted by Crippen LogP contribution is 2.28. The van der Waals surface area contributed by atoms with Gasteiger partial charge in [-0.2, -0.15) is 4.98 Å². The van der Waals surface area contributed by atoms with Crippen LogP contribution < -0.4 is 10.1 Å². The molecule has 0 unspecified atom stereocenters. The lowest BCUT2D eigenvalue weighted by Crippen LogP contribution is -2.45. The van der Waals surface area contributed by atoms with Crippen LogP contribution in [-0.4, -0.2) is 34.7 Å². The first-order chi connectivity index (χ1) is 12.0. The van der Waals surface area contributed by atoms with Gasteiger partial charge in [-0.05, 0) is 30.9 Å². The number of aromatic nitrogens is 2. The lowest BCUT2D eigenvalue weighted by Gasteiger charge is -2.31. The van der Waals surface area contributed by atoms with Crippen LogP contribution in [0, 0.1) is 12.8 Å². The number of hydrogen-bond acceptors (Lipinski definition) is 5. The maximum atomic E-state index is 12.8. The summed E-state index contributed by atoms with van der Waals surface area (Å²) in [5.41, 5.74) is 2.30. The molecule has 0 fully saturated rings. The van der Waals surface area contributed by atoms with Crippen LogP contribution in [0.15, 0.2) is 22.7 Å². The third-order valence-corrected chi connectivity index (χ3v) is 4.49. The van der Waals surface area contributed by atoms with Crippen LogP contribution in [-0.2, 0) is 13.0 Å². The molecule has 25 heavy (non-hydrogen) atoms. The van der Waals surface area contributed by atoms with Crippen LogP contribution in [0.5, 0.6) is 5.75 Å². The molecule has 1 aliphatic rings. The number of carbonyl (C=O) groups is 1. The van der Waals surface area contributed by atoms with Crippen molar-refractivity contribution in [2.45, 2.75) is 39.8 Å². The predicted molar refractivity (Wildman–Crippen MR) is 92.3 cm³/mol. The van der Waals surface area contributed by atoms with Gasteiger partial charge in [0, 0.05) is 18.7 Å². The van der Waals surface area contributed by atoms with Gasteiger partial charge in [0.1, 0.15) is 11.8 Å². The van der Waals surface area contributed by atoms with Crippen LogP contribution >= 0.6 is 0 Å². The molecule has 1 aromatic carbocycles. The molecule has 2 amide bonds. The molecule has 2 heterocycles. The zero-order valence-electron chi connectivity index (χ0n) is 15.1. The van der Waals surface area contributed by atoms with E-state index in [0.717, 1.165) is 17.7 Å². The minimum Gasteiger partial charge on any atom is -0.496 e. The molecule has 1 N–H and O–H groups in total. The summed E-state index contributed by atoms with van der Waals surface area (Å²) >= 11 is 0. The maximum absolute atomic E-state index is 12.8. The second kappa shape index (κ2) is 7.13. The summed E-state index contributed by atoms with van der Waals surface area (Å²) in [7, 11) is 1.67. The monoisotopic (exact) mass is 344 g/mol. The van der Waals surface area contributed by atoms with Gasteiger partial charge >= 0.3 is 6.03 Å². The highest BCUT2D eigenvalue weighted by molar-refractivity contribution is 5.75. The summed E-state index contributed by atoms with van der Waals surface area (Å²) in [4.78, 5) is 18.8. The van der Waals surface area contributed by atoms with E-state index in [2.05, 4.69) is 15.5 Å². The highest BCUT2D eigenvalue weighted by atomic mass is 16.5. The van der Waals surface area contributed by atoms with Gasteiger partial charge in [0.15, 0.2) is 5.82 Å². The Morgan fingerprint density at radius 1 is 1.40 bits per heavy atom. The first kappa shape index (κ1) is 17.3. The third-order valence-electron chi connectivity index (χ3n) is 4.49. The Labute approximate surface area is 147 Å². The van der Waals surface area contributed by atoms with Crippen LogP contribution in [0.4, 0.5) is 4.79 Å². The van der Waals surface area contributed by atoms with Crippen LogP contribution in [0.25, 0.3) is 0 Å². The molecule has 3 rings (SSSR count). The van der Waals surface area contributed by atoms with Crippen molar-refractivity contribution in [1.82, 2.24) is 20.4 Å². The smallest absolute Gasteiger partial charge is 0.318 e. The number of hydrogen-bond donors (Lipinski definition) is 1. The molecule has 0 aliphatic carbocycles. The minimum atomic E-state index is -0.305. The average Bonchev–Trinajstić information content (AvgIpc) is 3.04. The minimum absolute atomic E-state index is 0.122. The van der Waals surface area contributed by atoms with Gasteiger partial charge in [-0.15, -0.1) is 0 Å². The van der Waals surface area contributed by atoms with E-state index in [4.69, 9.17) is 9.26 Å². The van der Waals surface area contributed by atoms with Gasteiger partial charge < -0.3 is 19.5 Å². The Bertz CT molecular complexity index is 757. The fourth-order valence-corrected chi connectivity index (χ4v) is 3.12. The summed E-state index contributed by atoms with van der Waals surface area (Å²) in [5, 5.41) is 6.86. The molecule has 0 radical (unpaired) electrons. The molecule has 0 bridgehead atoms. The Balaban J connectivity index is 1.73. The van der Waals surface area contributed by atoms with Crippen molar-refractivity contribution < 1.29 is 14.1 Å². The molecule has 1 aromatic heterocycles. The number of fused-ring (bicyclic) bond motifs is 1. The van der Waals surface area contributed by atoms with E-state index in [1.807, 2.05) is 32.0 Å². The van der Waals surface area contributed by atoms with Gasteiger partial charge in [0.25, 0.3) is 0 Å². The SMILES string of the molecule is COc1cccc2c1CCN(C(=O)N[C@H](c1nc(C)no1)C(C)C)C2. The van der Waals surface area contributed by atoms with Crippen molar-refractivity contribution in [1.29, 1.82) is 0 Å². The Hall–Kier alpha value is -2.57. The number of ether oxygens (including phenoxy) is 1. The van der Waals surface area contributed by atoms with Crippen LogP contribution in [0.2, 0.25) is 0 Å². The Morgan fingerprint density at radius 2 is 2.20 bits per heavy atom. The lowest BCUT2D eigenvalue weighted by molar-refractivity contribution is 0.179. The quantitative estimate of drug-likeness (QED) is 0.922. The second-order valence-electron chi connectivity index (χ2n) is 6.62. The molecule has 7 heteroatoms. The van der Waals surface area contributed by atoms with E-state index < -0.39 is 0 Å². The molecular formula is C18H24N4O3. The highest BCUT2D eigenvalue weighted by Gasteiger charge is 2.28. The number of amides is 2. The number of methoxy groups -OCH3 is 1. The summed E-state index contributed by atoms with van der Waals surface area (Å²) in [6.45, 7) is 7.00. The van der Waals surface area contributed by atoms with E-state index in [9.17, 15) is 4.79 Å². The van der Waals surface area contributed by atoms with Crippen molar-refractivity contribution in [3.8, 4) is 5.75 Å². The summed E-state index contributed by atoms with van der Waals surface area (Å²) in [5.74, 6) is 2.04. The number of benzene rings is 1. The second-order valence-corrected chi connectivity index (χ2v) is 6.62. The van der Waals surface area contributed by atoms with Crippen molar-refractivity contribution in [2.75, 3.05) is 13.7 Å². The van der Waals surface area contributed by atoms with Gasteiger partial charge in [-0.3, -0.25) is 0 Å². The van der Waals surface area contributed by atoms with Crippen molar-refractivity contribution >= 4 is 6.03 Å². The van der Waals surface area contributed by atoms with Crippen molar-refractivity contribution in [2.24, 2.45) is 5.92 Å². The van der Waals surface area contributed by atoms with Gasteiger partial charge in [-0.25, -0.2) is 4.79 Å². The summed E-state index contributed by atoms with van der Waals surface area (Å²) < 4.78 is 10.7. The number of urea groups is 1. The number of nitrogens with one attached hydrogen (secondary N) is 1. The normalized spacial score (nSPS) is 15.0. The molecule has 0 saturated carbocycles. The Morgan fingerprint density at radius 3 is 2.84 bits per heavy atom. The van der Waals surface area contributed by atoms with E-state index in [0.29, 0.717) is 24.8 Å². The lowest BCUT2D eigenvalue weighted by atomic mass is 9.99. The summed E-state index contributed by atoms with van der Waals surface area (Å²) in [6.07, 6.45) is 0.777. The van der Waals surface area contributed by atoms with E-state index in [1.165, 1.54) is 5.56 Å². The number of carbonyl (C=O) groups excluding carboxylic acids is 1. The number of rotatable bonds is 4. The molecule has 134 valence electrons. The van der Waals surface area contributed by atoms with Gasteiger partial charge in [-0.1, -0.05) is 31.1 Å². The number of nitrogens with zero attached hydrogens (tertiary/aromatic N) is 3.